The summed E-state index contributed by atoms with van der Waals surface area (Å²) in [5.41, 5.74) is -2.09. The lowest BCUT2D eigenvalue weighted by atomic mass is 10.2. The maximum atomic E-state index is 13.1. The first kappa shape index (κ1) is 12.4. The van der Waals surface area contributed by atoms with E-state index in [1.807, 2.05) is 0 Å². The second-order valence-electron chi connectivity index (χ2n) is 2.57. The van der Waals surface area contributed by atoms with Gasteiger partial charge < -0.3 is 10.1 Å². The molecule has 0 aromatic carbocycles. The van der Waals surface area contributed by atoms with Crippen LogP contribution in [-0.4, -0.2) is 15.1 Å². The summed E-state index contributed by atoms with van der Waals surface area (Å²) < 4.78 is 37.6. The molecule has 0 radical (unpaired) electrons. The molecule has 0 fully saturated rings. The highest BCUT2D eigenvalue weighted by molar-refractivity contribution is 6.67. The number of carbonyl (C=O) groups excluding carboxylic acids is 1. The fraction of sp³-hybridized carbons (Fsp3) is 0.143. The summed E-state index contributed by atoms with van der Waals surface area (Å²) in [5, 5.41) is 8.99. The minimum atomic E-state index is -3.31. The summed E-state index contributed by atoms with van der Waals surface area (Å²) in [6, 6.07) is 0.377. The Balaban J connectivity index is 3.51. The van der Waals surface area contributed by atoms with Gasteiger partial charge in [0.25, 0.3) is 11.7 Å². The van der Waals surface area contributed by atoms with E-state index in [2.05, 4.69) is 4.98 Å². The number of aromatic nitrogens is 1. The third kappa shape index (κ3) is 2.27. The summed E-state index contributed by atoms with van der Waals surface area (Å²) in [5.74, 6) is -3.23. The SMILES string of the molecule is O=C(Cl)c1cc(C(F)F)c(F)c([N+](=O)[O-])n1. The topological polar surface area (TPSA) is 73.1 Å². The van der Waals surface area contributed by atoms with Crippen molar-refractivity contribution in [2.45, 2.75) is 6.43 Å². The van der Waals surface area contributed by atoms with E-state index in [0.29, 0.717) is 6.07 Å². The lowest BCUT2D eigenvalue weighted by Crippen LogP contribution is -2.06. The first-order valence-corrected chi connectivity index (χ1v) is 4.05. The second-order valence-corrected chi connectivity index (χ2v) is 2.91. The van der Waals surface area contributed by atoms with Gasteiger partial charge in [-0.05, 0) is 21.5 Å². The van der Waals surface area contributed by atoms with Crippen molar-refractivity contribution >= 4 is 22.7 Å². The van der Waals surface area contributed by atoms with E-state index in [-0.39, 0.29) is 0 Å². The van der Waals surface area contributed by atoms with Gasteiger partial charge in [0.1, 0.15) is 0 Å². The standard InChI is InChI=1S/C7H2ClF3N2O3/c8-5(14)3-1-2(6(10)11)4(9)7(12-3)13(15)16/h1,6H. The van der Waals surface area contributed by atoms with Crippen molar-refractivity contribution in [3.63, 3.8) is 0 Å². The summed E-state index contributed by atoms with van der Waals surface area (Å²) in [4.78, 5) is 22.5. The number of halogens is 4. The average Bonchev–Trinajstić information content (AvgIpc) is 2.16. The van der Waals surface area contributed by atoms with Crippen LogP contribution in [0.25, 0.3) is 0 Å². The number of nitrogens with zero attached hydrogens (tertiary/aromatic N) is 2. The van der Waals surface area contributed by atoms with Crippen molar-refractivity contribution in [3.05, 3.63) is 33.3 Å². The van der Waals surface area contributed by atoms with Crippen LogP contribution in [0.3, 0.4) is 0 Å². The molecule has 1 aromatic rings. The summed E-state index contributed by atoms with van der Waals surface area (Å²) in [7, 11) is 0. The van der Waals surface area contributed by atoms with Gasteiger partial charge in [-0.2, -0.15) is 4.39 Å². The number of carbonyl (C=O) groups is 1. The molecule has 0 aliphatic rings. The lowest BCUT2D eigenvalue weighted by molar-refractivity contribution is -0.392. The Morgan fingerprint density at radius 1 is 1.56 bits per heavy atom. The predicted molar refractivity (Wildman–Crippen MR) is 46.0 cm³/mol. The van der Waals surface area contributed by atoms with E-state index in [4.69, 9.17) is 11.6 Å². The molecule has 0 unspecified atom stereocenters. The van der Waals surface area contributed by atoms with Crippen molar-refractivity contribution in [2.75, 3.05) is 0 Å². The number of hydrogen-bond donors (Lipinski definition) is 0. The van der Waals surface area contributed by atoms with Gasteiger partial charge in [-0.15, -0.1) is 0 Å². The van der Waals surface area contributed by atoms with E-state index in [1.165, 1.54) is 0 Å². The Kier molecular flexibility index (Phi) is 3.43. The highest BCUT2D eigenvalue weighted by Crippen LogP contribution is 2.28. The highest BCUT2D eigenvalue weighted by atomic mass is 35.5. The van der Waals surface area contributed by atoms with Crippen LogP contribution < -0.4 is 0 Å². The molecule has 0 saturated heterocycles. The molecule has 0 amide bonds. The maximum Gasteiger partial charge on any atom is 0.401 e. The van der Waals surface area contributed by atoms with E-state index in [9.17, 15) is 28.1 Å². The van der Waals surface area contributed by atoms with Crippen LogP contribution >= 0.6 is 11.6 Å². The lowest BCUT2D eigenvalue weighted by Gasteiger charge is -2.02. The van der Waals surface area contributed by atoms with E-state index >= 15 is 0 Å². The zero-order chi connectivity index (χ0) is 12.5. The van der Waals surface area contributed by atoms with Gasteiger partial charge in [0.2, 0.25) is 11.5 Å². The Morgan fingerprint density at radius 3 is 2.50 bits per heavy atom. The number of hydrogen-bond acceptors (Lipinski definition) is 4. The Labute approximate surface area is 91.0 Å². The molecule has 0 spiro atoms. The minimum Gasteiger partial charge on any atom is -0.358 e. The van der Waals surface area contributed by atoms with Crippen molar-refractivity contribution in [2.24, 2.45) is 0 Å². The largest absolute Gasteiger partial charge is 0.401 e. The quantitative estimate of drug-likeness (QED) is 0.472. The zero-order valence-corrected chi connectivity index (χ0v) is 8.04. The van der Waals surface area contributed by atoms with Crippen LogP contribution in [-0.2, 0) is 0 Å². The van der Waals surface area contributed by atoms with Gasteiger partial charge in [-0.3, -0.25) is 4.79 Å². The van der Waals surface area contributed by atoms with Crippen molar-refractivity contribution in [1.29, 1.82) is 0 Å². The maximum absolute atomic E-state index is 13.1. The van der Waals surface area contributed by atoms with Crippen LogP contribution in [0.5, 0.6) is 0 Å². The van der Waals surface area contributed by atoms with Crippen molar-refractivity contribution in [3.8, 4) is 0 Å². The molecule has 0 saturated carbocycles. The molecule has 0 aliphatic carbocycles. The molecule has 86 valence electrons. The summed E-state index contributed by atoms with van der Waals surface area (Å²) in [6.45, 7) is 0. The second kappa shape index (κ2) is 4.44. The van der Waals surface area contributed by atoms with Crippen molar-refractivity contribution in [1.82, 2.24) is 4.98 Å². The van der Waals surface area contributed by atoms with Gasteiger partial charge in [-0.25, -0.2) is 8.78 Å². The number of rotatable bonds is 3. The fourth-order valence-electron chi connectivity index (χ4n) is 0.916. The zero-order valence-electron chi connectivity index (χ0n) is 7.29. The third-order valence-corrected chi connectivity index (χ3v) is 1.77. The molecule has 0 bridgehead atoms. The molecule has 0 atom stereocenters. The number of alkyl halides is 2. The predicted octanol–water partition coefficient (Wildman–Crippen LogP) is 2.45. The Morgan fingerprint density at radius 2 is 2.12 bits per heavy atom. The molecular formula is C7H2ClF3N2O3. The van der Waals surface area contributed by atoms with Crippen LogP contribution in [0.2, 0.25) is 0 Å². The first-order valence-electron chi connectivity index (χ1n) is 3.67. The summed E-state index contributed by atoms with van der Waals surface area (Å²) in [6.07, 6.45) is -3.31. The molecule has 1 rings (SSSR count). The molecule has 5 nitrogen and oxygen atoms in total. The van der Waals surface area contributed by atoms with Crippen molar-refractivity contribution < 1.29 is 22.9 Å². The van der Waals surface area contributed by atoms with E-state index in [1.54, 1.807) is 0 Å². The Hall–Kier alpha value is -1.70. The normalized spacial score (nSPS) is 10.6. The fourth-order valence-corrected chi connectivity index (χ4v) is 1.01. The Bertz CT molecular complexity index is 466. The smallest absolute Gasteiger partial charge is 0.358 e. The van der Waals surface area contributed by atoms with Crippen LogP contribution in [0.15, 0.2) is 6.07 Å². The molecule has 1 aromatic heterocycles. The van der Waals surface area contributed by atoms with Gasteiger partial charge >= 0.3 is 5.82 Å². The van der Waals surface area contributed by atoms with E-state index in [0.717, 1.165) is 0 Å². The first-order chi connectivity index (χ1) is 7.34. The summed E-state index contributed by atoms with van der Waals surface area (Å²) >= 11 is 4.92. The van der Waals surface area contributed by atoms with Gasteiger partial charge in [-0.1, -0.05) is 0 Å². The number of nitro groups is 1. The molecule has 9 heteroatoms. The molecule has 16 heavy (non-hydrogen) atoms. The number of pyridine rings is 1. The molecular weight excluding hydrogens is 253 g/mol. The average molecular weight is 255 g/mol. The van der Waals surface area contributed by atoms with Crippen LogP contribution in [0, 0.1) is 15.9 Å². The molecule has 1 heterocycles. The molecule has 0 N–H and O–H groups in total. The van der Waals surface area contributed by atoms with Gasteiger partial charge in [0.05, 0.1) is 5.56 Å². The van der Waals surface area contributed by atoms with Crippen LogP contribution in [0.4, 0.5) is 19.0 Å². The third-order valence-electron chi connectivity index (χ3n) is 1.58. The monoisotopic (exact) mass is 254 g/mol. The highest BCUT2D eigenvalue weighted by Gasteiger charge is 2.29. The van der Waals surface area contributed by atoms with Crippen LogP contribution in [0.1, 0.15) is 22.5 Å². The minimum absolute atomic E-state index is 0.377. The van der Waals surface area contributed by atoms with Gasteiger partial charge in [0.15, 0.2) is 0 Å². The molecule has 0 aliphatic heterocycles. The van der Waals surface area contributed by atoms with Gasteiger partial charge in [0, 0.05) is 6.07 Å². The van der Waals surface area contributed by atoms with E-state index < -0.39 is 39.5 Å².